The van der Waals surface area contributed by atoms with Gasteiger partial charge in [-0.3, -0.25) is 4.79 Å². The van der Waals surface area contributed by atoms with Gasteiger partial charge in [0, 0.05) is 18.7 Å². The van der Waals surface area contributed by atoms with E-state index in [-0.39, 0.29) is 49.8 Å². The summed E-state index contributed by atoms with van der Waals surface area (Å²) in [4.78, 5) is 14.0. The van der Waals surface area contributed by atoms with Gasteiger partial charge >= 0.3 is 12.4 Å². The number of amides is 1. The lowest BCUT2D eigenvalue weighted by Gasteiger charge is -2.33. The number of carbonyl (C=O) groups excluding carboxylic acids is 1. The molecule has 0 radical (unpaired) electrons. The largest absolute Gasteiger partial charge is 0.416 e. The second-order valence-electron chi connectivity index (χ2n) is 7.47. The van der Waals surface area contributed by atoms with Crippen LogP contribution in [0, 0.1) is 5.92 Å². The third kappa shape index (κ3) is 5.78. The Hall–Kier alpha value is -1.48. The first-order valence-electron chi connectivity index (χ1n) is 9.34. The first-order chi connectivity index (χ1) is 13.1. The molecule has 0 spiro atoms. The van der Waals surface area contributed by atoms with Gasteiger partial charge in [0.1, 0.15) is 0 Å². The number of carbonyl (C=O) groups is 1. The molecule has 29 heavy (non-hydrogen) atoms. The molecule has 1 amide bonds. The zero-order chi connectivity index (χ0) is 20.5. The van der Waals surface area contributed by atoms with Gasteiger partial charge in [-0.2, -0.15) is 26.3 Å². The van der Waals surface area contributed by atoms with Crippen LogP contribution in [0.2, 0.25) is 0 Å². The van der Waals surface area contributed by atoms with E-state index in [0.717, 1.165) is 12.1 Å². The van der Waals surface area contributed by atoms with Gasteiger partial charge in [-0.25, -0.2) is 0 Å². The Labute approximate surface area is 171 Å². The van der Waals surface area contributed by atoms with Crippen LogP contribution in [0.15, 0.2) is 18.2 Å². The second kappa shape index (κ2) is 9.12. The maximum Gasteiger partial charge on any atom is 0.416 e. The summed E-state index contributed by atoms with van der Waals surface area (Å²) >= 11 is 0. The highest BCUT2D eigenvalue weighted by Crippen LogP contribution is 2.36. The summed E-state index contributed by atoms with van der Waals surface area (Å²) in [7, 11) is 0. The van der Waals surface area contributed by atoms with E-state index in [4.69, 9.17) is 0 Å². The van der Waals surface area contributed by atoms with E-state index in [1.165, 1.54) is 11.0 Å². The summed E-state index contributed by atoms with van der Waals surface area (Å²) < 4.78 is 78.4. The topological polar surface area (TPSA) is 32.3 Å². The maximum absolute atomic E-state index is 13.3. The van der Waals surface area contributed by atoms with E-state index in [9.17, 15) is 31.1 Å². The third-order valence-corrected chi connectivity index (χ3v) is 5.59. The van der Waals surface area contributed by atoms with Crippen molar-refractivity contribution in [2.45, 2.75) is 44.0 Å². The van der Waals surface area contributed by atoms with Gasteiger partial charge in [0.15, 0.2) is 0 Å². The third-order valence-electron chi connectivity index (χ3n) is 5.59. The molecule has 2 aliphatic rings. The molecule has 3 rings (SSSR count). The number of piperidine rings is 2. The van der Waals surface area contributed by atoms with Crippen molar-refractivity contribution in [3.05, 3.63) is 34.9 Å². The van der Waals surface area contributed by atoms with Gasteiger partial charge in [-0.1, -0.05) is 0 Å². The summed E-state index contributed by atoms with van der Waals surface area (Å²) in [6, 6.07) is 3.37. The van der Waals surface area contributed by atoms with Gasteiger partial charge in [0.05, 0.1) is 11.5 Å². The van der Waals surface area contributed by atoms with Crippen LogP contribution in [0.5, 0.6) is 0 Å². The highest BCUT2D eigenvalue weighted by Gasteiger charge is 2.42. The molecule has 1 aromatic rings. The number of hydrogen-bond acceptors (Lipinski definition) is 2. The average Bonchev–Trinajstić information content (AvgIpc) is 2.66. The Morgan fingerprint density at radius 1 is 0.931 bits per heavy atom. The molecule has 2 aliphatic heterocycles. The number of benzene rings is 1. The number of alkyl halides is 6. The highest BCUT2D eigenvalue weighted by molar-refractivity contribution is 5.94. The molecule has 1 N–H and O–H groups in total. The van der Waals surface area contributed by atoms with Crippen LogP contribution >= 0.6 is 12.4 Å². The van der Waals surface area contributed by atoms with Crippen molar-refractivity contribution >= 4 is 18.3 Å². The van der Waals surface area contributed by atoms with E-state index in [2.05, 4.69) is 5.32 Å². The lowest BCUT2D eigenvalue weighted by Crippen LogP contribution is -2.42. The van der Waals surface area contributed by atoms with Gasteiger partial charge in [0.25, 0.3) is 5.91 Å². The highest BCUT2D eigenvalue weighted by atomic mass is 35.5. The van der Waals surface area contributed by atoms with E-state index in [0.29, 0.717) is 31.5 Å². The van der Waals surface area contributed by atoms with Gasteiger partial charge in [-0.05, 0) is 68.5 Å². The Kier molecular flexibility index (Phi) is 7.48. The van der Waals surface area contributed by atoms with Crippen LogP contribution in [0.3, 0.4) is 0 Å². The summed E-state index contributed by atoms with van der Waals surface area (Å²) in [5.74, 6) is -2.18. The molecule has 0 bridgehead atoms. The number of hydrogen-bond donors (Lipinski definition) is 1. The standard InChI is InChI=1S/C19H22F6N2O.ClH/c20-18(21,22)15-3-7-27(8-4-15)17(28)14-9-13(12-1-5-26-6-2-12)10-16(11-14)19(23,24)25;/h9-12,15,26H,1-8H2;1H. The SMILES string of the molecule is Cl.O=C(c1cc(C2CCNCC2)cc(C(F)(F)F)c1)N1CCC(C(F)(F)F)CC1. The van der Waals surface area contributed by atoms with Crippen molar-refractivity contribution < 1.29 is 31.1 Å². The van der Waals surface area contributed by atoms with Crippen LogP contribution in [-0.4, -0.2) is 43.2 Å². The Bertz CT molecular complexity index is 708. The van der Waals surface area contributed by atoms with Crippen molar-refractivity contribution in [3.8, 4) is 0 Å². The Balaban J connectivity index is 0.00000300. The first-order valence-corrected chi connectivity index (χ1v) is 9.34. The fraction of sp³-hybridized carbons (Fsp3) is 0.632. The molecule has 0 atom stereocenters. The summed E-state index contributed by atoms with van der Waals surface area (Å²) in [5, 5.41) is 3.15. The molecule has 164 valence electrons. The molecule has 3 nitrogen and oxygen atoms in total. The zero-order valence-electron chi connectivity index (χ0n) is 15.6. The van der Waals surface area contributed by atoms with Crippen molar-refractivity contribution in [2.24, 2.45) is 5.92 Å². The Morgan fingerprint density at radius 3 is 2.03 bits per heavy atom. The fourth-order valence-electron chi connectivity index (χ4n) is 3.92. The van der Waals surface area contributed by atoms with E-state index in [1.807, 2.05) is 0 Å². The lowest BCUT2D eigenvalue weighted by atomic mass is 9.87. The molecule has 2 fully saturated rings. The number of rotatable bonds is 2. The summed E-state index contributed by atoms with van der Waals surface area (Å²) in [5.41, 5.74) is -0.532. The molecule has 0 unspecified atom stereocenters. The second-order valence-corrected chi connectivity index (χ2v) is 7.47. The molecular weight excluding hydrogens is 422 g/mol. The molecule has 0 saturated carbocycles. The van der Waals surface area contributed by atoms with Gasteiger partial charge in [0.2, 0.25) is 0 Å². The average molecular weight is 445 g/mol. The van der Waals surface area contributed by atoms with E-state index in [1.54, 1.807) is 0 Å². The minimum atomic E-state index is -4.60. The summed E-state index contributed by atoms with van der Waals surface area (Å²) in [6.07, 6.45) is -8.02. The smallest absolute Gasteiger partial charge is 0.339 e. The maximum atomic E-state index is 13.3. The quantitative estimate of drug-likeness (QED) is 0.650. The normalized spacial score (nSPS) is 19.7. The number of nitrogens with one attached hydrogen (secondary N) is 1. The minimum Gasteiger partial charge on any atom is -0.339 e. The van der Waals surface area contributed by atoms with Crippen LogP contribution in [0.25, 0.3) is 0 Å². The van der Waals surface area contributed by atoms with Crippen molar-refractivity contribution in [2.75, 3.05) is 26.2 Å². The number of nitrogens with zero attached hydrogens (tertiary/aromatic N) is 1. The predicted octanol–water partition coefficient (Wildman–Crippen LogP) is 5.01. The molecule has 10 heteroatoms. The molecular formula is C19H23ClF6N2O. The van der Waals surface area contributed by atoms with Crippen LogP contribution in [0.4, 0.5) is 26.3 Å². The molecule has 0 aliphatic carbocycles. The van der Waals surface area contributed by atoms with E-state index < -0.39 is 29.7 Å². The van der Waals surface area contributed by atoms with Gasteiger partial charge < -0.3 is 10.2 Å². The van der Waals surface area contributed by atoms with E-state index >= 15 is 0 Å². The number of halogens is 7. The predicted molar refractivity (Wildman–Crippen MR) is 98.2 cm³/mol. The van der Waals surface area contributed by atoms with Gasteiger partial charge in [-0.15, -0.1) is 12.4 Å². The minimum absolute atomic E-state index is 0. The van der Waals surface area contributed by atoms with Crippen LogP contribution in [0.1, 0.15) is 53.1 Å². The first kappa shape index (κ1) is 23.8. The molecule has 0 aromatic heterocycles. The monoisotopic (exact) mass is 444 g/mol. The molecule has 2 saturated heterocycles. The molecule has 2 heterocycles. The summed E-state index contributed by atoms with van der Waals surface area (Å²) in [6.45, 7) is 1.16. The van der Waals surface area contributed by atoms with Crippen molar-refractivity contribution in [1.82, 2.24) is 10.2 Å². The zero-order valence-corrected chi connectivity index (χ0v) is 16.4. The van der Waals surface area contributed by atoms with Crippen molar-refractivity contribution in [1.29, 1.82) is 0 Å². The number of likely N-dealkylation sites (tertiary alicyclic amines) is 1. The van der Waals surface area contributed by atoms with Crippen molar-refractivity contribution in [3.63, 3.8) is 0 Å². The van der Waals surface area contributed by atoms with Crippen LogP contribution in [-0.2, 0) is 6.18 Å². The fourth-order valence-corrected chi connectivity index (χ4v) is 3.92. The molecule has 1 aromatic carbocycles. The Morgan fingerprint density at radius 2 is 1.52 bits per heavy atom. The lowest BCUT2D eigenvalue weighted by molar-refractivity contribution is -0.183. The van der Waals surface area contributed by atoms with Crippen LogP contribution < -0.4 is 5.32 Å².